The van der Waals surface area contributed by atoms with E-state index in [1.54, 1.807) is 5.57 Å². The van der Waals surface area contributed by atoms with Crippen molar-refractivity contribution in [2.75, 3.05) is 0 Å². The number of aliphatic hydroxyl groups excluding tert-OH is 1. The average molecular weight is 431 g/mol. The van der Waals surface area contributed by atoms with Gasteiger partial charge in [-0.15, -0.1) is 0 Å². The first kappa shape index (κ1) is 23.8. The van der Waals surface area contributed by atoms with Crippen molar-refractivity contribution in [1.29, 1.82) is 0 Å². The summed E-state index contributed by atoms with van der Waals surface area (Å²) in [6.45, 7) is 16.2. The van der Waals surface area contributed by atoms with Crippen LogP contribution in [0.5, 0.6) is 0 Å². The van der Waals surface area contributed by atoms with E-state index in [0.29, 0.717) is 16.7 Å². The van der Waals surface area contributed by atoms with Crippen LogP contribution in [-0.2, 0) is 0 Å². The molecule has 8 atom stereocenters. The summed E-state index contributed by atoms with van der Waals surface area (Å²) in [5.41, 5.74) is 1.92. The Kier molecular flexibility index (Phi) is 6.04. The van der Waals surface area contributed by atoms with E-state index in [2.05, 4.69) is 40.7 Å². The molecule has 3 fully saturated rings. The van der Waals surface area contributed by atoms with Crippen LogP contribution in [0.4, 0.5) is 0 Å². The molecule has 0 aromatic heterocycles. The van der Waals surface area contributed by atoms with E-state index in [-0.39, 0.29) is 11.5 Å². The molecule has 0 saturated heterocycles. The van der Waals surface area contributed by atoms with Crippen LogP contribution in [0.25, 0.3) is 0 Å². The van der Waals surface area contributed by atoms with E-state index in [0.717, 1.165) is 42.9 Å². The molecule has 0 amide bonds. The normalized spacial score (nSPS) is 45.3. The van der Waals surface area contributed by atoms with Crippen molar-refractivity contribution < 1.29 is 10.2 Å². The van der Waals surface area contributed by atoms with Gasteiger partial charge in [0.15, 0.2) is 0 Å². The number of rotatable bonds is 5. The molecule has 0 spiro atoms. The maximum Gasteiger partial charge on any atom is 0.0628 e. The van der Waals surface area contributed by atoms with Crippen molar-refractivity contribution in [3.63, 3.8) is 0 Å². The highest BCUT2D eigenvalue weighted by molar-refractivity contribution is 5.29. The monoisotopic (exact) mass is 430 g/mol. The topological polar surface area (TPSA) is 40.5 Å². The van der Waals surface area contributed by atoms with Crippen LogP contribution in [0.1, 0.15) is 113 Å². The van der Waals surface area contributed by atoms with E-state index in [1.807, 2.05) is 13.8 Å². The molecule has 2 nitrogen and oxygen atoms in total. The average Bonchev–Trinajstić information content (AvgIpc) is 3.01. The fourth-order valence-corrected chi connectivity index (χ4v) is 9.19. The van der Waals surface area contributed by atoms with Gasteiger partial charge >= 0.3 is 0 Å². The van der Waals surface area contributed by atoms with Gasteiger partial charge in [0.1, 0.15) is 0 Å². The first-order chi connectivity index (χ1) is 14.3. The van der Waals surface area contributed by atoms with E-state index in [4.69, 9.17) is 0 Å². The van der Waals surface area contributed by atoms with Crippen LogP contribution in [0.15, 0.2) is 11.6 Å². The van der Waals surface area contributed by atoms with Crippen LogP contribution >= 0.6 is 0 Å². The number of hydrogen-bond donors (Lipinski definition) is 2. The molecule has 0 aromatic carbocycles. The van der Waals surface area contributed by atoms with Crippen molar-refractivity contribution in [1.82, 2.24) is 0 Å². The van der Waals surface area contributed by atoms with Crippen molar-refractivity contribution in [2.24, 2.45) is 45.8 Å². The van der Waals surface area contributed by atoms with Crippen molar-refractivity contribution >= 4 is 0 Å². The molecule has 4 unspecified atom stereocenters. The summed E-state index contributed by atoms with van der Waals surface area (Å²) in [6, 6.07) is 0. The second-order valence-electron chi connectivity index (χ2n) is 13.9. The van der Waals surface area contributed by atoms with Gasteiger partial charge in [-0.25, -0.2) is 0 Å². The third kappa shape index (κ3) is 3.86. The zero-order chi connectivity index (χ0) is 22.8. The minimum Gasteiger partial charge on any atom is -0.392 e. The molecule has 31 heavy (non-hydrogen) atoms. The fraction of sp³-hybridized carbons (Fsp3) is 0.931. The quantitative estimate of drug-likeness (QED) is 0.455. The van der Waals surface area contributed by atoms with E-state index in [1.165, 1.54) is 44.9 Å². The minimum absolute atomic E-state index is 0.0507. The Labute approximate surface area is 192 Å². The van der Waals surface area contributed by atoms with Crippen LogP contribution in [-0.4, -0.2) is 21.9 Å². The molecule has 4 aliphatic rings. The van der Waals surface area contributed by atoms with E-state index in [9.17, 15) is 10.2 Å². The van der Waals surface area contributed by atoms with Gasteiger partial charge in [-0.1, -0.05) is 59.1 Å². The third-order valence-corrected chi connectivity index (χ3v) is 11.2. The SMILES string of the molecule is C[C@H](CCCC(C)(C)O)C1CCC2C3CC=C4C(CC[C@H](O)C4(C)C)[C@]3(C)CC[C@@]21C. The molecule has 0 bridgehead atoms. The van der Waals surface area contributed by atoms with Crippen molar-refractivity contribution in [2.45, 2.75) is 124 Å². The first-order valence-corrected chi connectivity index (χ1v) is 13.4. The van der Waals surface area contributed by atoms with Gasteiger partial charge in [-0.05, 0) is 106 Å². The molecule has 2 N–H and O–H groups in total. The maximum atomic E-state index is 10.7. The van der Waals surface area contributed by atoms with Gasteiger partial charge in [0, 0.05) is 5.41 Å². The minimum atomic E-state index is -0.526. The lowest BCUT2D eigenvalue weighted by molar-refractivity contribution is -0.0961. The molecule has 0 aliphatic heterocycles. The smallest absolute Gasteiger partial charge is 0.0628 e. The first-order valence-electron chi connectivity index (χ1n) is 13.4. The zero-order valence-electron chi connectivity index (χ0n) is 21.5. The van der Waals surface area contributed by atoms with Gasteiger partial charge in [0.05, 0.1) is 11.7 Å². The Morgan fingerprint density at radius 3 is 2.35 bits per heavy atom. The van der Waals surface area contributed by atoms with Gasteiger partial charge in [0.2, 0.25) is 0 Å². The predicted molar refractivity (Wildman–Crippen MR) is 130 cm³/mol. The van der Waals surface area contributed by atoms with Crippen LogP contribution in [0, 0.1) is 45.8 Å². The summed E-state index contributed by atoms with van der Waals surface area (Å²) >= 11 is 0. The highest BCUT2D eigenvalue weighted by atomic mass is 16.3. The summed E-state index contributed by atoms with van der Waals surface area (Å²) in [5.74, 6) is 3.97. The number of allylic oxidation sites excluding steroid dienone is 1. The molecular formula is C29H50O2. The highest BCUT2D eigenvalue weighted by Crippen LogP contribution is 2.69. The summed E-state index contributed by atoms with van der Waals surface area (Å²) in [5, 5.41) is 20.8. The lowest BCUT2D eigenvalue weighted by Crippen LogP contribution is -2.55. The fourth-order valence-electron chi connectivity index (χ4n) is 9.19. The van der Waals surface area contributed by atoms with E-state index < -0.39 is 5.60 Å². The van der Waals surface area contributed by atoms with Gasteiger partial charge < -0.3 is 10.2 Å². The molecule has 0 radical (unpaired) electrons. The standard InChI is InChI=1S/C29H50O2/c1-19(9-8-16-26(2,3)31)20-10-12-23-24-13-11-21-22(14-15-25(30)27(21,4)5)29(24,7)18-17-28(20,23)6/h11,19-20,22-25,30-31H,8-10,12-18H2,1-7H3/t19-,20?,22?,23?,24?,25+,28-,29+/m1/s1. The second kappa shape index (κ2) is 7.86. The van der Waals surface area contributed by atoms with Crippen LogP contribution < -0.4 is 0 Å². The Balaban J connectivity index is 1.52. The highest BCUT2D eigenvalue weighted by Gasteiger charge is 2.62. The lowest BCUT2D eigenvalue weighted by atomic mass is 9.43. The molecule has 0 aromatic rings. The molecule has 178 valence electrons. The predicted octanol–water partition coefficient (Wildman–Crippen LogP) is 7.14. The molecular weight excluding hydrogens is 380 g/mol. The Bertz CT molecular complexity index is 700. The zero-order valence-corrected chi connectivity index (χ0v) is 21.5. The Morgan fingerprint density at radius 1 is 1.00 bits per heavy atom. The van der Waals surface area contributed by atoms with Gasteiger partial charge in [-0.2, -0.15) is 0 Å². The maximum absolute atomic E-state index is 10.7. The van der Waals surface area contributed by atoms with Crippen molar-refractivity contribution in [3.05, 3.63) is 11.6 Å². The van der Waals surface area contributed by atoms with Crippen LogP contribution in [0.2, 0.25) is 0 Å². The molecule has 4 rings (SSSR count). The summed E-state index contributed by atoms with van der Waals surface area (Å²) in [4.78, 5) is 0. The van der Waals surface area contributed by atoms with Gasteiger partial charge in [-0.3, -0.25) is 0 Å². The summed E-state index contributed by atoms with van der Waals surface area (Å²) in [7, 11) is 0. The van der Waals surface area contributed by atoms with Crippen LogP contribution in [0.3, 0.4) is 0 Å². The third-order valence-electron chi connectivity index (χ3n) is 11.2. The molecule has 2 heteroatoms. The van der Waals surface area contributed by atoms with Crippen molar-refractivity contribution in [3.8, 4) is 0 Å². The molecule has 0 heterocycles. The molecule has 4 aliphatic carbocycles. The lowest BCUT2D eigenvalue weighted by Gasteiger charge is -2.62. The Morgan fingerprint density at radius 2 is 1.68 bits per heavy atom. The number of fused-ring (bicyclic) bond motifs is 5. The number of hydrogen-bond acceptors (Lipinski definition) is 2. The molecule has 3 saturated carbocycles. The van der Waals surface area contributed by atoms with E-state index >= 15 is 0 Å². The summed E-state index contributed by atoms with van der Waals surface area (Å²) in [6.07, 6.45) is 14.7. The van der Waals surface area contributed by atoms with Gasteiger partial charge in [0.25, 0.3) is 0 Å². The number of aliphatic hydroxyl groups is 2. The Hall–Kier alpha value is -0.340. The second-order valence-corrected chi connectivity index (χ2v) is 13.9. The summed E-state index contributed by atoms with van der Waals surface area (Å²) < 4.78 is 0. The largest absolute Gasteiger partial charge is 0.392 e.